The number of benzene rings is 1. The Morgan fingerprint density at radius 1 is 1.25 bits per heavy atom. The number of thiophene rings is 1. The minimum Gasteiger partial charge on any atom is -0.462 e. The summed E-state index contributed by atoms with van der Waals surface area (Å²) in [6.45, 7) is 2.31. The molecule has 1 aliphatic carbocycles. The third kappa shape index (κ3) is 3.73. The Morgan fingerprint density at radius 3 is 2.89 bits per heavy atom. The number of hydrogen-bond acceptors (Lipinski definition) is 4. The molecular weight excluding hydrogens is 440 g/mol. The third-order valence-corrected chi connectivity index (χ3v) is 6.65. The number of ether oxygens (including phenoxy) is 1. The Morgan fingerprint density at radius 2 is 2.07 bits per heavy atom. The molecular formula is C21H21BrN2O3S. The molecule has 5 nitrogen and oxygen atoms in total. The second kappa shape index (κ2) is 8.09. The quantitative estimate of drug-likeness (QED) is 0.534. The predicted molar refractivity (Wildman–Crippen MR) is 115 cm³/mol. The van der Waals surface area contributed by atoms with Gasteiger partial charge in [-0.05, 0) is 62.4 Å². The number of hydrogen-bond donors (Lipinski definition) is 1. The van der Waals surface area contributed by atoms with Crippen LogP contribution in [0.2, 0.25) is 0 Å². The van der Waals surface area contributed by atoms with Crippen molar-refractivity contribution in [3.63, 3.8) is 0 Å². The molecule has 3 aromatic rings. The molecule has 28 heavy (non-hydrogen) atoms. The lowest BCUT2D eigenvalue weighted by Gasteiger charge is -2.12. The fourth-order valence-corrected chi connectivity index (χ4v) is 5.38. The molecule has 0 unspecified atom stereocenters. The molecule has 0 radical (unpaired) electrons. The Bertz CT molecular complexity index is 1050. The number of carbonyl (C=O) groups excluding carboxylic acids is 2. The van der Waals surface area contributed by atoms with Gasteiger partial charge in [0, 0.05) is 26.4 Å². The van der Waals surface area contributed by atoms with E-state index in [1.165, 1.54) is 16.2 Å². The van der Waals surface area contributed by atoms with Crippen molar-refractivity contribution in [3.8, 4) is 0 Å². The van der Waals surface area contributed by atoms with Crippen LogP contribution in [0.15, 0.2) is 34.9 Å². The van der Waals surface area contributed by atoms with Crippen molar-refractivity contribution < 1.29 is 14.3 Å². The molecule has 1 aliphatic rings. The summed E-state index contributed by atoms with van der Waals surface area (Å²) in [6, 6.07) is 7.96. The SMILES string of the molecule is CCOC(=O)c1c(NC(=O)Cn2ccc3cc(Br)ccc32)sc2c1CCCC2. The van der Waals surface area contributed by atoms with Gasteiger partial charge in [0.1, 0.15) is 11.5 Å². The lowest BCUT2D eigenvalue weighted by Crippen LogP contribution is -2.19. The second-order valence-electron chi connectivity index (χ2n) is 6.83. The van der Waals surface area contributed by atoms with Crippen LogP contribution in [0.1, 0.15) is 40.6 Å². The van der Waals surface area contributed by atoms with Crippen molar-refractivity contribution in [2.45, 2.75) is 39.2 Å². The van der Waals surface area contributed by atoms with Crippen molar-refractivity contribution in [2.75, 3.05) is 11.9 Å². The van der Waals surface area contributed by atoms with Gasteiger partial charge in [-0.1, -0.05) is 15.9 Å². The van der Waals surface area contributed by atoms with Crippen LogP contribution in [0.5, 0.6) is 0 Å². The van der Waals surface area contributed by atoms with E-state index in [1.54, 1.807) is 6.92 Å². The maximum absolute atomic E-state index is 12.7. The minimum absolute atomic E-state index is 0.149. The number of fused-ring (bicyclic) bond motifs is 2. The number of esters is 1. The molecule has 4 rings (SSSR count). The number of nitrogens with zero attached hydrogens (tertiary/aromatic N) is 1. The van der Waals surface area contributed by atoms with E-state index in [0.29, 0.717) is 17.2 Å². The number of anilines is 1. The van der Waals surface area contributed by atoms with Crippen molar-refractivity contribution in [2.24, 2.45) is 0 Å². The van der Waals surface area contributed by atoms with Gasteiger partial charge in [-0.3, -0.25) is 4.79 Å². The summed E-state index contributed by atoms with van der Waals surface area (Å²) in [5, 5.41) is 4.66. The van der Waals surface area contributed by atoms with E-state index in [1.807, 2.05) is 35.0 Å². The van der Waals surface area contributed by atoms with Crippen molar-refractivity contribution in [1.29, 1.82) is 0 Å². The molecule has 0 spiro atoms. The normalized spacial score (nSPS) is 13.4. The average molecular weight is 461 g/mol. The highest BCUT2D eigenvalue weighted by atomic mass is 79.9. The maximum atomic E-state index is 12.7. The summed E-state index contributed by atoms with van der Waals surface area (Å²) in [7, 11) is 0. The Balaban J connectivity index is 1.58. The van der Waals surface area contributed by atoms with Crippen LogP contribution in [0.3, 0.4) is 0 Å². The van der Waals surface area contributed by atoms with E-state index >= 15 is 0 Å². The van der Waals surface area contributed by atoms with Gasteiger partial charge in [0.05, 0.1) is 12.2 Å². The Hall–Kier alpha value is -2.12. The van der Waals surface area contributed by atoms with Gasteiger partial charge in [-0.2, -0.15) is 0 Å². The average Bonchev–Trinajstić information content (AvgIpc) is 3.22. The van der Waals surface area contributed by atoms with E-state index in [0.717, 1.165) is 46.6 Å². The van der Waals surface area contributed by atoms with E-state index in [2.05, 4.69) is 21.2 Å². The standard InChI is InChI=1S/C21H21BrN2O3S/c1-2-27-21(26)19-15-5-3-4-6-17(15)28-20(19)23-18(25)12-24-10-9-13-11-14(22)7-8-16(13)24/h7-11H,2-6,12H2,1H3,(H,23,25). The van der Waals surface area contributed by atoms with E-state index in [-0.39, 0.29) is 18.4 Å². The molecule has 1 amide bonds. The largest absolute Gasteiger partial charge is 0.462 e. The van der Waals surface area contributed by atoms with E-state index in [9.17, 15) is 9.59 Å². The molecule has 0 saturated carbocycles. The molecule has 0 atom stereocenters. The molecule has 146 valence electrons. The monoisotopic (exact) mass is 460 g/mol. The summed E-state index contributed by atoms with van der Waals surface area (Å²) in [5.41, 5.74) is 2.60. The zero-order valence-corrected chi connectivity index (χ0v) is 18.0. The number of rotatable bonds is 5. The van der Waals surface area contributed by atoms with Gasteiger partial charge in [-0.25, -0.2) is 4.79 Å². The first-order valence-corrected chi connectivity index (χ1v) is 11.0. The van der Waals surface area contributed by atoms with E-state index < -0.39 is 0 Å². The molecule has 2 heterocycles. The van der Waals surface area contributed by atoms with Crippen LogP contribution < -0.4 is 5.32 Å². The van der Waals surface area contributed by atoms with Gasteiger partial charge in [0.15, 0.2) is 0 Å². The first kappa shape index (κ1) is 19.2. The topological polar surface area (TPSA) is 60.3 Å². The molecule has 1 N–H and O–H groups in total. The summed E-state index contributed by atoms with van der Waals surface area (Å²) in [4.78, 5) is 26.5. The van der Waals surface area contributed by atoms with Crippen LogP contribution in [-0.2, 0) is 28.9 Å². The van der Waals surface area contributed by atoms with Crippen molar-refractivity contribution in [1.82, 2.24) is 4.57 Å². The third-order valence-electron chi connectivity index (χ3n) is 4.95. The number of halogens is 1. The van der Waals surface area contributed by atoms with Gasteiger partial charge in [0.2, 0.25) is 5.91 Å². The zero-order chi connectivity index (χ0) is 19.7. The van der Waals surface area contributed by atoms with Crippen molar-refractivity contribution in [3.05, 3.63) is 50.9 Å². The van der Waals surface area contributed by atoms with E-state index in [4.69, 9.17) is 4.74 Å². The lowest BCUT2D eigenvalue weighted by molar-refractivity contribution is -0.116. The van der Waals surface area contributed by atoms with Gasteiger partial charge in [0.25, 0.3) is 0 Å². The fourth-order valence-electron chi connectivity index (χ4n) is 3.70. The first-order chi connectivity index (χ1) is 13.6. The first-order valence-electron chi connectivity index (χ1n) is 9.42. The fraction of sp³-hybridized carbons (Fsp3) is 0.333. The Labute approximate surface area is 175 Å². The van der Waals surface area contributed by atoms with Gasteiger partial charge in [-0.15, -0.1) is 11.3 Å². The highest BCUT2D eigenvalue weighted by molar-refractivity contribution is 9.10. The molecule has 1 aromatic carbocycles. The number of aryl methyl sites for hydroxylation is 1. The number of aromatic nitrogens is 1. The minimum atomic E-state index is -0.339. The highest BCUT2D eigenvalue weighted by Crippen LogP contribution is 2.38. The maximum Gasteiger partial charge on any atom is 0.341 e. The van der Waals surface area contributed by atoms with Crippen LogP contribution >= 0.6 is 27.3 Å². The smallest absolute Gasteiger partial charge is 0.341 e. The molecule has 0 bridgehead atoms. The predicted octanol–water partition coefficient (Wildman–Crippen LogP) is 5.16. The molecule has 0 aliphatic heterocycles. The summed E-state index contributed by atoms with van der Waals surface area (Å²) >= 11 is 4.98. The highest BCUT2D eigenvalue weighted by Gasteiger charge is 2.27. The number of carbonyl (C=O) groups is 2. The van der Waals surface area contributed by atoms with Crippen LogP contribution in [0.25, 0.3) is 10.9 Å². The molecule has 2 aromatic heterocycles. The zero-order valence-electron chi connectivity index (χ0n) is 15.6. The Kier molecular flexibility index (Phi) is 5.55. The summed E-state index contributed by atoms with van der Waals surface area (Å²) in [6.07, 6.45) is 5.91. The molecule has 7 heteroatoms. The van der Waals surface area contributed by atoms with Crippen molar-refractivity contribution >= 4 is 55.0 Å². The van der Waals surface area contributed by atoms with Crippen LogP contribution in [0, 0.1) is 0 Å². The van der Waals surface area contributed by atoms with Gasteiger partial charge >= 0.3 is 5.97 Å². The number of nitrogens with one attached hydrogen (secondary N) is 1. The van der Waals surface area contributed by atoms with Crippen LogP contribution in [0.4, 0.5) is 5.00 Å². The van der Waals surface area contributed by atoms with Crippen LogP contribution in [-0.4, -0.2) is 23.1 Å². The molecule has 0 fully saturated rings. The summed E-state index contributed by atoms with van der Waals surface area (Å²) in [5.74, 6) is -0.488. The lowest BCUT2D eigenvalue weighted by atomic mass is 9.95. The number of amides is 1. The second-order valence-corrected chi connectivity index (χ2v) is 8.85. The molecule has 0 saturated heterocycles. The summed E-state index contributed by atoms with van der Waals surface area (Å²) < 4.78 is 8.17. The van der Waals surface area contributed by atoms with Gasteiger partial charge < -0.3 is 14.6 Å².